The van der Waals surface area contributed by atoms with Gasteiger partial charge in [-0.1, -0.05) is 26.0 Å². The third-order valence-electron chi connectivity index (χ3n) is 6.44. The maximum absolute atomic E-state index is 13.1. The molecule has 0 radical (unpaired) electrons. The van der Waals surface area contributed by atoms with Gasteiger partial charge in [-0.2, -0.15) is 0 Å². The zero-order valence-electron chi connectivity index (χ0n) is 16.0. The number of carbonyl (C=O) groups excluding carboxylic acids is 4. The number of piperidine rings is 1. The first-order valence-electron chi connectivity index (χ1n) is 9.54. The smallest absolute Gasteiger partial charge is 0.262 e. The number of rotatable bonds is 4. The average molecular weight is 384 g/mol. The molecule has 2 aliphatic heterocycles. The molecule has 0 aromatic heterocycles. The lowest BCUT2D eigenvalue weighted by Crippen LogP contribution is -2.63. The minimum atomic E-state index is -0.950. The van der Waals surface area contributed by atoms with E-state index in [9.17, 15) is 19.2 Å². The Kier molecular flexibility index (Phi) is 4.35. The molecule has 1 aromatic rings. The molecule has 3 unspecified atom stereocenters. The minimum Gasteiger partial charge on any atom is -0.327 e. The second-order valence-corrected chi connectivity index (χ2v) is 8.38. The molecule has 8 nitrogen and oxygen atoms in total. The first kappa shape index (κ1) is 18.8. The Labute approximate surface area is 162 Å². The molecule has 8 heteroatoms. The molecule has 3 aliphatic rings. The molecule has 4 rings (SSSR count). The largest absolute Gasteiger partial charge is 0.327 e. The van der Waals surface area contributed by atoms with E-state index in [1.807, 2.05) is 6.07 Å². The fraction of sp³-hybridized carbons (Fsp3) is 0.500. The van der Waals surface area contributed by atoms with Gasteiger partial charge >= 0.3 is 0 Å². The van der Waals surface area contributed by atoms with Crippen LogP contribution in [0.5, 0.6) is 0 Å². The molecular formula is C20H24N4O4. The number of nitrogens with one attached hydrogen (secondary N) is 2. The minimum absolute atomic E-state index is 0.0312. The number of hydrogen-bond donors (Lipinski definition) is 3. The third-order valence-corrected chi connectivity index (χ3v) is 6.44. The van der Waals surface area contributed by atoms with Gasteiger partial charge in [0.15, 0.2) is 0 Å². The van der Waals surface area contributed by atoms with Crippen molar-refractivity contribution in [2.45, 2.75) is 57.8 Å². The number of fused-ring (bicyclic) bond motifs is 1. The van der Waals surface area contributed by atoms with Crippen molar-refractivity contribution in [1.29, 1.82) is 0 Å². The van der Waals surface area contributed by atoms with E-state index < -0.39 is 23.8 Å². The monoisotopic (exact) mass is 384 g/mol. The molecule has 28 heavy (non-hydrogen) atoms. The first-order chi connectivity index (χ1) is 13.2. The summed E-state index contributed by atoms with van der Waals surface area (Å²) in [6.45, 7) is 4.65. The van der Waals surface area contributed by atoms with Crippen LogP contribution < -0.4 is 16.4 Å². The summed E-state index contributed by atoms with van der Waals surface area (Å²) in [6.07, 6.45) is 1.12. The van der Waals surface area contributed by atoms with Gasteiger partial charge in [0, 0.05) is 25.0 Å². The standard InChI is InChI=1S/C20H24N4O4/c1-20(2)13(21)8-14(20)22-9-10-4-3-5-11-16(10)19(28)24(18(11)27)12-6-7-15(25)23-17(12)26/h3-5,12-14,22H,6-9,21H2,1-2H3,(H,23,25,26). The van der Waals surface area contributed by atoms with Gasteiger partial charge in [-0.15, -0.1) is 0 Å². The molecule has 4 N–H and O–H groups in total. The fourth-order valence-electron chi connectivity index (χ4n) is 4.27. The lowest BCUT2D eigenvalue weighted by atomic mass is 9.63. The summed E-state index contributed by atoms with van der Waals surface area (Å²) in [5.74, 6) is -1.95. The Balaban J connectivity index is 1.56. The summed E-state index contributed by atoms with van der Waals surface area (Å²) in [6, 6.07) is 4.58. The molecule has 148 valence electrons. The Morgan fingerprint density at radius 2 is 1.96 bits per heavy atom. The second kappa shape index (κ2) is 6.49. The molecule has 2 heterocycles. The van der Waals surface area contributed by atoms with Crippen LogP contribution >= 0.6 is 0 Å². The Hall–Kier alpha value is -2.58. The van der Waals surface area contributed by atoms with Gasteiger partial charge in [-0.3, -0.25) is 29.4 Å². The molecular weight excluding hydrogens is 360 g/mol. The SMILES string of the molecule is CC1(C)C(N)CC1NCc1cccc2c1C(=O)N(C1CCC(=O)NC1=O)C2=O. The van der Waals surface area contributed by atoms with Gasteiger partial charge in [0.1, 0.15) is 6.04 Å². The summed E-state index contributed by atoms with van der Waals surface area (Å²) in [7, 11) is 0. The highest BCUT2D eigenvalue weighted by Gasteiger charge is 2.47. The molecule has 0 bridgehead atoms. The number of benzene rings is 1. The molecule has 1 aliphatic carbocycles. The number of imide groups is 2. The molecule has 1 aromatic carbocycles. The van der Waals surface area contributed by atoms with E-state index in [4.69, 9.17) is 5.73 Å². The van der Waals surface area contributed by atoms with E-state index >= 15 is 0 Å². The van der Waals surface area contributed by atoms with E-state index in [2.05, 4.69) is 24.5 Å². The highest BCUT2D eigenvalue weighted by Crippen LogP contribution is 2.39. The molecule has 0 spiro atoms. The van der Waals surface area contributed by atoms with Crippen LogP contribution in [0.1, 0.15) is 59.4 Å². The van der Waals surface area contributed by atoms with E-state index in [-0.39, 0.29) is 36.2 Å². The summed E-state index contributed by atoms with van der Waals surface area (Å²) >= 11 is 0. The highest BCUT2D eigenvalue weighted by molar-refractivity contribution is 6.24. The van der Waals surface area contributed by atoms with Crippen molar-refractivity contribution in [1.82, 2.24) is 15.5 Å². The number of nitrogens with two attached hydrogens (primary N) is 1. The maximum atomic E-state index is 13.1. The Morgan fingerprint density at radius 3 is 2.61 bits per heavy atom. The van der Waals surface area contributed by atoms with Crippen molar-refractivity contribution in [3.05, 3.63) is 34.9 Å². The third kappa shape index (κ3) is 2.75. The predicted molar refractivity (Wildman–Crippen MR) is 100 cm³/mol. The van der Waals surface area contributed by atoms with Crippen molar-refractivity contribution in [2.24, 2.45) is 11.1 Å². The highest BCUT2D eigenvalue weighted by atomic mass is 16.2. The van der Waals surface area contributed by atoms with E-state index in [1.165, 1.54) is 0 Å². The van der Waals surface area contributed by atoms with Gasteiger partial charge in [0.05, 0.1) is 11.1 Å². The summed E-state index contributed by atoms with van der Waals surface area (Å²) in [5.41, 5.74) is 7.40. The molecule has 3 atom stereocenters. The second-order valence-electron chi connectivity index (χ2n) is 8.38. The van der Waals surface area contributed by atoms with Crippen LogP contribution in [-0.4, -0.2) is 46.7 Å². The Bertz CT molecular complexity index is 894. The zero-order valence-corrected chi connectivity index (χ0v) is 16.0. The summed E-state index contributed by atoms with van der Waals surface area (Å²) in [5, 5.41) is 5.65. The lowest BCUT2D eigenvalue weighted by molar-refractivity contribution is -0.136. The van der Waals surface area contributed by atoms with Crippen molar-refractivity contribution >= 4 is 23.6 Å². The topological polar surface area (TPSA) is 122 Å². The Morgan fingerprint density at radius 1 is 1.21 bits per heavy atom. The van der Waals surface area contributed by atoms with Crippen molar-refractivity contribution in [3.8, 4) is 0 Å². The summed E-state index contributed by atoms with van der Waals surface area (Å²) < 4.78 is 0. The van der Waals surface area contributed by atoms with Crippen LogP contribution in [0.15, 0.2) is 18.2 Å². The van der Waals surface area contributed by atoms with Gasteiger partial charge < -0.3 is 11.1 Å². The summed E-state index contributed by atoms with van der Waals surface area (Å²) in [4.78, 5) is 50.5. The number of amides is 4. The van der Waals surface area contributed by atoms with Gasteiger partial charge in [-0.05, 0) is 29.9 Å². The van der Waals surface area contributed by atoms with Crippen LogP contribution in [0.25, 0.3) is 0 Å². The van der Waals surface area contributed by atoms with Crippen LogP contribution in [-0.2, 0) is 16.1 Å². The van der Waals surface area contributed by atoms with E-state index in [0.717, 1.165) is 16.9 Å². The molecule has 1 saturated carbocycles. The zero-order chi connectivity index (χ0) is 20.2. The van der Waals surface area contributed by atoms with Crippen LogP contribution in [0.4, 0.5) is 0 Å². The first-order valence-corrected chi connectivity index (χ1v) is 9.54. The van der Waals surface area contributed by atoms with Crippen LogP contribution in [0, 0.1) is 5.41 Å². The molecule has 4 amide bonds. The molecule has 1 saturated heterocycles. The van der Waals surface area contributed by atoms with Gasteiger partial charge in [0.2, 0.25) is 11.8 Å². The number of nitrogens with zero attached hydrogens (tertiary/aromatic N) is 1. The maximum Gasteiger partial charge on any atom is 0.262 e. The average Bonchev–Trinajstić information content (AvgIpc) is 2.90. The van der Waals surface area contributed by atoms with Crippen molar-refractivity contribution in [2.75, 3.05) is 0 Å². The number of carbonyl (C=O) groups is 4. The van der Waals surface area contributed by atoms with Gasteiger partial charge in [0.25, 0.3) is 11.8 Å². The van der Waals surface area contributed by atoms with Crippen molar-refractivity contribution in [3.63, 3.8) is 0 Å². The quantitative estimate of drug-likeness (QED) is 0.642. The van der Waals surface area contributed by atoms with Crippen LogP contribution in [0.2, 0.25) is 0 Å². The fourth-order valence-corrected chi connectivity index (χ4v) is 4.27. The predicted octanol–water partition coefficient (Wildman–Crippen LogP) is 0.303. The van der Waals surface area contributed by atoms with Crippen molar-refractivity contribution < 1.29 is 19.2 Å². The van der Waals surface area contributed by atoms with E-state index in [1.54, 1.807) is 12.1 Å². The van der Waals surface area contributed by atoms with Crippen LogP contribution in [0.3, 0.4) is 0 Å². The normalized spacial score (nSPS) is 28.8. The van der Waals surface area contributed by atoms with E-state index in [0.29, 0.717) is 17.7 Å². The van der Waals surface area contributed by atoms with Gasteiger partial charge in [-0.25, -0.2) is 0 Å². The lowest BCUT2D eigenvalue weighted by Gasteiger charge is -2.50. The molecule has 2 fully saturated rings. The number of hydrogen-bond acceptors (Lipinski definition) is 6.